The van der Waals surface area contributed by atoms with Crippen molar-refractivity contribution < 1.29 is 50.6 Å². The number of carbonyl (C=O) groups excluding carboxylic acids is 2. The average molecular weight is 733 g/mol. The molecule has 9 nitrogen and oxygen atoms in total. The fourth-order valence-electron chi connectivity index (χ4n) is 8.27. The molecule has 2 amide bonds. The Morgan fingerprint density at radius 1 is 0.942 bits per heavy atom. The number of benzene rings is 2. The first-order valence-electron chi connectivity index (χ1n) is 17.4. The zero-order valence-electron chi connectivity index (χ0n) is 28.2. The minimum absolute atomic E-state index is 0.0109. The fourth-order valence-corrected chi connectivity index (χ4v) is 8.27. The normalized spacial score (nSPS) is 21.9. The van der Waals surface area contributed by atoms with Crippen LogP contribution in [0.15, 0.2) is 54.9 Å². The molecule has 52 heavy (non-hydrogen) atoms. The van der Waals surface area contributed by atoms with E-state index in [0.717, 1.165) is 5.56 Å². The lowest BCUT2D eigenvalue weighted by molar-refractivity contribution is -0.205. The number of hydrogen-bond donors (Lipinski definition) is 1. The molecule has 278 valence electrons. The number of carboxylic acids is 1. The highest BCUT2D eigenvalue weighted by molar-refractivity contribution is 5.94. The first-order valence-corrected chi connectivity index (χ1v) is 17.4. The maximum Gasteiger partial charge on any atom is 0.403 e. The van der Waals surface area contributed by atoms with Gasteiger partial charge >= 0.3 is 12.1 Å². The Labute approximate surface area is 295 Å². The van der Waals surface area contributed by atoms with Crippen LogP contribution in [0, 0.1) is 22.6 Å². The number of halogens is 6. The van der Waals surface area contributed by atoms with Gasteiger partial charge in [0, 0.05) is 50.6 Å². The van der Waals surface area contributed by atoms with E-state index < -0.39 is 34.8 Å². The van der Waals surface area contributed by atoms with E-state index in [1.54, 1.807) is 40.0 Å². The zero-order valence-corrected chi connectivity index (χ0v) is 28.2. The summed E-state index contributed by atoms with van der Waals surface area (Å²) in [7, 11) is 0. The van der Waals surface area contributed by atoms with Gasteiger partial charge in [-0.05, 0) is 73.3 Å². The number of hydrogen-bond acceptors (Lipinski definition) is 5. The lowest BCUT2D eigenvalue weighted by Gasteiger charge is -2.52. The summed E-state index contributed by atoms with van der Waals surface area (Å²) in [5.41, 5.74) is -1.65. The van der Waals surface area contributed by atoms with Gasteiger partial charge in [0.15, 0.2) is 0 Å². The summed E-state index contributed by atoms with van der Waals surface area (Å²) in [6.07, 6.45) is -2.26. The molecule has 2 aliphatic heterocycles. The second kappa shape index (κ2) is 13.1. The van der Waals surface area contributed by atoms with E-state index >= 15 is 0 Å². The van der Waals surface area contributed by atoms with E-state index in [4.69, 9.17) is 4.74 Å². The van der Waals surface area contributed by atoms with Gasteiger partial charge in [0.1, 0.15) is 22.5 Å². The number of rotatable bonds is 10. The van der Waals surface area contributed by atoms with Gasteiger partial charge in [-0.3, -0.25) is 14.3 Å². The average Bonchev–Trinajstić information content (AvgIpc) is 3.64. The third-order valence-electron chi connectivity index (χ3n) is 11.4. The molecule has 1 spiro atoms. The van der Waals surface area contributed by atoms with Gasteiger partial charge in [-0.1, -0.05) is 24.3 Å². The number of carbonyl (C=O) groups is 3. The summed E-state index contributed by atoms with van der Waals surface area (Å²) in [5, 5.41) is 14.4. The quantitative estimate of drug-likeness (QED) is 0.231. The van der Waals surface area contributed by atoms with Gasteiger partial charge in [0.2, 0.25) is 11.8 Å². The number of alkyl halides is 5. The van der Waals surface area contributed by atoms with Crippen LogP contribution in [-0.4, -0.2) is 87.4 Å². The lowest BCUT2D eigenvalue weighted by atomic mass is 9.70. The van der Waals surface area contributed by atoms with Crippen LogP contribution in [0.25, 0.3) is 0 Å². The van der Waals surface area contributed by atoms with Crippen molar-refractivity contribution in [1.29, 1.82) is 0 Å². The topological polar surface area (TPSA) is 105 Å². The molecule has 1 unspecified atom stereocenters. The van der Waals surface area contributed by atoms with Crippen LogP contribution in [0.2, 0.25) is 0 Å². The van der Waals surface area contributed by atoms with Gasteiger partial charge in [-0.2, -0.15) is 18.3 Å². The van der Waals surface area contributed by atoms with Crippen LogP contribution >= 0.6 is 0 Å². The molecule has 4 fully saturated rings. The number of aromatic carboxylic acids is 1. The van der Waals surface area contributed by atoms with Crippen LogP contribution in [-0.2, 0) is 11.3 Å². The van der Waals surface area contributed by atoms with Gasteiger partial charge in [-0.25, -0.2) is 18.0 Å². The van der Waals surface area contributed by atoms with Crippen LogP contribution in [0.4, 0.5) is 26.3 Å². The summed E-state index contributed by atoms with van der Waals surface area (Å²) in [6, 6.07) is 10.6. The number of amides is 2. The van der Waals surface area contributed by atoms with Crippen LogP contribution in [0.1, 0.15) is 82.7 Å². The predicted octanol–water partition coefficient (Wildman–Crippen LogP) is 6.77. The number of nitrogens with zero attached hydrogens (tertiary/aromatic N) is 4. The second-order valence-electron chi connectivity index (χ2n) is 14.8. The SMILES string of the molecule is O=C(O)c1c(OCCC2CN(C(=O)c3cnn(Cc4ccc(F)cc4)c3)CC23CN(C(=O)C2(C(F)(F)F)CC2)C3)cccc1C1CCC(F)(F)CC1. The molecule has 15 heteroatoms. The maximum absolute atomic E-state index is 13.8. The van der Waals surface area contributed by atoms with Crippen molar-refractivity contribution in [3.05, 3.63) is 82.9 Å². The highest BCUT2D eigenvalue weighted by Gasteiger charge is 2.71. The third kappa shape index (κ3) is 6.73. The highest BCUT2D eigenvalue weighted by Crippen LogP contribution is 2.60. The van der Waals surface area contributed by atoms with Gasteiger partial charge < -0.3 is 19.6 Å². The molecule has 1 atom stereocenters. The second-order valence-corrected chi connectivity index (χ2v) is 14.8. The van der Waals surface area contributed by atoms with E-state index in [1.807, 2.05) is 0 Å². The standard InChI is InChI=1S/C37H38F6N4O5/c38-27-6-4-23(5-7-27)17-47-18-25(16-44-47)31(48)45-19-26(34(20-45)21-46(22-34)33(51)35(13-14-35)37(41,42)43)10-15-52-29-3-1-2-28(30(29)32(49)50)24-8-11-36(39,40)12-9-24/h1-7,16,18,24,26H,8-15,17,19-22H2,(H,49,50). The van der Waals surface area contributed by atoms with Crippen molar-refractivity contribution in [2.75, 3.05) is 32.8 Å². The van der Waals surface area contributed by atoms with E-state index in [9.17, 15) is 45.8 Å². The third-order valence-corrected chi connectivity index (χ3v) is 11.4. The number of likely N-dealkylation sites (tertiary alicyclic amines) is 2. The minimum Gasteiger partial charge on any atom is -0.493 e. The summed E-state index contributed by atoms with van der Waals surface area (Å²) < 4.78 is 90.0. The van der Waals surface area contributed by atoms with Gasteiger partial charge in [0.25, 0.3) is 5.91 Å². The molecule has 1 N–H and O–H groups in total. The Bertz CT molecular complexity index is 1840. The number of aromatic nitrogens is 2. The smallest absolute Gasteiger partial charge is 0.403 e. The lowest BCUT2D eigenvalue weighted by Crippen LogP contribution is -2.64. The minimum atomic E-state index is -4.65. The number of carboxylic acid groups (broad SMARTS) is 1. The van der Waals surface area contributed by atoms with E-state index in [0.29, 0.717) is 24.1 Å². The molecular formula is C37H38F6N4O5. The molecular weight excluding hydrogens is 694 g/mol. The van der Waals surface area contributed by atoms with Gasteiger partial charge in [0.05, 0.1) is 24.9 Å². The Kier molecular flexibility index (Phi) is 9.05. The summed E-state index contributed by atoms with van der Waals surface area (Å²) in [5.74, 6) is -6.27. The van der Waals surface area contributed by atoms with Crippen molar-refractivity contribution in [1.82, 2.24) is 19.6 Å². The number of ether oxygens (including phenoxy) is 1. The van der Waals surface area contributed by atoms with E-state index in [1.165, 1.54) is 29.3 Å². The predicted molar refractivity (Wildman–Crippen MR) is 174 cm³/mol. The molecule has 3 aromatic rings. The molecule has 2 saturated heterocycles. The largest absolute Gasteiger partial charge is 0.493 e. The van der Waals surface area contributed by atoms with Crippen LogP contribution < -0.4 is 4.74 Å². The summed E-state index contributed by atoms with van der Waals surface area (Å²) >= 11 is 0. The Balaban J connectivity index is 1.06. The molecule has 3 heterocycles. The van der Waals surface area contributed by atoms with Crippen molar-refractivity contribution >= 4 is 17.8 Å². The Hall–Kier alpha value is -4.56. The van der Waals surface area contributed by atoms with Crippen molar-refractivity contribution in [3.63, 3.8) is 0 Å². The molecule has 0 radical (unpaired) electrons. The molecule has 2 saturated carbocycles. The van der Waals surface area contributed by atoms with Crippen LogP contribution in [0.5, 0.6) is 5.75 Å². The molecule has 2 aliphatic carbocycles. The fraction of sp³-hybridized carbons (Fsp3) is 0.514. The Morgan fingerprint density at radius 3 is 2.25 bits per heavy atom. The van der Waals surface area contributed by atoms with Crippen molar-refractivity contribution in [2.45, 2.75) is 69.5 Å². The van der Waals surface area contributed by atoms with Crippen LogP contribution in [0.3, 0.4) is 0 Å². The first-order chi connectivity index (χ1) is 24.6. The maximum atomic E-state index is 13.8. The summed E-state index contributed by atoms with van der Waals surface area (Å²) in [6.45, 7) is 0.776. The van der Waals surface area contributed by atoms with Crippen molar-refractivity contribution in [3.8, 4) is 5.75 Å². The van der Waals surface area contributed by atoms with E-state index in [2.05, 4.69) is 5.10 Å². The zero-order chi connectivity index (χ0) is 37.1. The first kappa shape index (κ1) is 35.8. The van der Waals surface area contributed by atoms with E-state index in [-0.39, 0.29) is 106 Å². The summed E-state index contributed by atoms with van der Waals surface area (Å²) in [4.78, 5) is 42.1. The molecule has 0 bridgehead atoms. The van der Waals surface area contributed by atoms with Crippen molar-refractivity contribution in [2.24, 2.45) is 16.7 Å². The molecule has 2 aromatic carbocycles. The highest BCUT2D eigenvalue weighted by atomic mass is 19.4. The molecule has 7 rings (SSSR count). The van der Waals surface area contributed by atoms with Gasteiger partial charge in [-0.15, -0.1) is 0 Å². The molecule has 4 aliphatic rings. The monoisotopic (exact) mass is 732 g/mol. The molecule has 1 aromatic heterocycles. The Morgan fingerprint density at radius 2 is 1.62 bits per heavy atom.